The van der Waals surface area contributed by atoms with Crippen molar-refractivity contribution in [3.63, 3.8) is 0 Å². The van der Waals surface area contributed by atoms with E-state index in [0.29, 0.717) is 17.5 Å². The lowest BCUT2D eigenvalue weighted by Gasteiger charge is -2.15. The number of para-hydroxylation sites is 3. The first kappa shape index (κ1) is 31.9. The molecule has 0 radical (unpaired) electrons. The Balaban J connectivity index is 1.17. The van der Waals surface area contributed by atoms with Gasteiger partial charge in [0.1, 0.15) is 0 Å². The molecule has 0 unspecified atom stereocenters. The summed E-state index contributed by atoms with van der Waals surface area (Å²) in [6, 6.07) is 70.4. The molecule has 5 heteroatoms. The Morgan fingerprint density at radius 3 is 1.34 bits per heavy atom. The fourth-order valence-corrected chi connectivity index (χ4v) is 8.19. The van der Waals surface area contributed by atoms with Crippen molar-refractivity contribution in [2.75, 3.05) is 0 Å². The Bertz CT molecular complexity index is 3160. The van der Waals surface area contributed by atoms with Gasteiger partial charge in [-0.15, -0.1) is 0 Å². The van der Waals surface area contributed by atoms with Gasteiger partial charge in [0, 0.05) is 43.9 Å². The molecule has 0 atom stereocenters. The number of benzene rings is 8. The zero-order valence-corrected chi connectivity index (χ0v) is 30.3. The van der Waals surface area contributed by atoms with Crippen molar-refractivity contribution in [2.24, 2.45) is 0 Å². The average molecular weight is 716 g/mol. The van der Waals surface area contributed by atoms with Crippen molar-refractivity contribution in [3.05, 3.63) is 200 Å². The highest BCUT2D eigenvalue weighted by Gasteiger charge is 2.21. The van der Waals surface area contributed by atoms with Gasteiger partial charge in [0.05, 0.1) is 27.8 Å². The van der Waals surface area contributed by atoms with E-state index in [1.54, 1.807) is 0 Å². The minimum atomic E-state index is 0.618. The quantitative estimate of drug-likeness (QED) is 0.172. The summed E-state index contributed by atoms with van der Waals surface area (Å²) < 4.78 is 4.78. The summed E-state index contributed by atoms with van der Waals surface area (Å²) in [5, 5.41) is 4.82. The third-order valence-corrected chi connectivity index (χ3v) is 10.8. The number of aromatic nitrogens is 5. The lowest BCUT2D eigenvalue weighted by molar-refractivity contribution is 1.06. The topological polar surface area (TPSA) is 48.5 Å². The summed E-state index contributed by atoms with van der Waals surface area (Å²) in [7, 11) is 0. The third kappa shape index (κ3) is 5.21. The molecule has 0 aliphatic heterocycles. The molecule has 0 amide bonds. The second-order valence-electron chi connectivity index (χ2n) is 14.1. The van der Waals surface area contributed by atoms with Gasteiger partial charge in [-0.25, -0.2) is 15.0 Å². The molecule has 0 spiro atoms. The van der Waals surface area contributed by atoms with Crippen molar-refractivity contribution >= 4 is 43.6 Å². The summed E-state index contributed by atoms with van der Waals surface area (Å²) in [5.74, 6) is 1.89. The Hall–Kier alpha value is -7.63. The predicted octanol–water partition coefficient (Wildman–Crippen LogP) is 12.7. The molecule has 0 aliphatic rings. The smallest absolute Gasteiger partial charge is 0.166 e. The van der Waals surface area contributed by atoms with Crippen molar-refractivity contribution in [1.29, 1.82) is 0 Å². The Morgan fingerprint density at radius 2 is 0.732 bits per heavy atom. The fourth-order valence-electron chi connectivity index (χ4n) is 8.19. The van der Waals surface area contributed by atoms with Gasteiger partial charge >= 0.3 is 0 Å². The third-order valence-electron chi connectivity index (χ3n) is 10.8. The Kier molecular flexibility index (Phi) is 7.42. The minimum absolute atomic E-state index is 0.618. The Labute approximate surface area is 323 Å². The molecule has 0 N–H and O–H groups in total. The minimum Gasteiger partial charge on any atom is -0.309 e. The largest absolute Gasteiger partial charge is 0.309 e. The fraction of sp³-hybridized carbons (Fsp3) is 0. The number of hydrogen-bond donors (Lipinski definition) is 0. The van der Waals surface area contributed by atoms with Gasteiger partial charge in [0.25, 0.3) is 0 Å². The monoisotopic (exact) mass is 715 g/mol. The molecule has 3 aromatic heterocycles. The number of nitrogens with zero attached hydrogens (tertiary/aromatic N) is 5. The molecule has 8 aromatic carbocycles. The van der Waals surface area contributed by atoms with Crippen LogP contribution in [-0.4, -0.2) is 24.1 Å². The van der Waals surface area contributed by atoms with E-state index in [0.717, 1.165) is 44.6 Å². The molecule has 0 bridgehead atoms. The van der Waals surface area contributed by atoms with Crippen LogP contribution < -0.4 is 0 Å². The van der Waals surface area contributed by atoms with E-state index in [2.05, 4.69) is 149 Å². The van der Waals surface area contributed by atoms with Crippen LogP contribution in [0.4, 0.5) is 0 Å². The first-order valence-corrected chi connectivity index (χ1v) is 18.9. The molecular formula is C51H33N5. The van der Waals surface area contributed by atoms with Crippen molar-refractivity contribution in [3.8, 4) is 56.7 Å². The van der Waals surface area contributed by atoms with Gasteiger partial charge in [-0.1, -0.05) is 152 Å². The molecule has 5 nitrogen and oxygen atoms in total. The summed E-state index contributed by atoms with van der Waals surface area (Å²) >= 11 is 0. The molecule has 3 heterocycles. The van der Waals surface area contributed by atoms with Crippen LogP contribution in [0.5, 0.6) is 0 Å². The van der Waals surface area contributed by atoms with Crippen molar-refractivity contribution < 1.29 is 0 Å². The summed E-state index contributed by atoms with van der Waals surface area (Å²) in [6.07, 6.45) is 0. The highest BCUT2D eigenvalue weighted by molar-refractivity contribution is 6.19. The van der Waals surface area contributed by atoms with Gasteiger partial charge in [0.15, 0.2) is 17.5 Å². The van der Waals surface area contributed by atoms with Crippen LogP contribution in [0.15, 0.2) is 200 Å². The van der Waals surface area contributed by atoms with E-state index in [1.165, 1.54) is 38.2 Å². The Morgan fingerprint density at radius 1 is 0.286 bits per heavy atom. The number of fused-ring (bicyclic) bond motifs is 6. The predicted molar refractivity (Wildman–Crippen MR) is 230 cm³/mol. The van der Waals surface area contributed by atoms with Crippen LogP contribution in [0, 0.1) is 0 Å². The van der Waals surface area contributed by atoms with Crippen molar-refractivity contribution in [1.82, 2.24) is 24.1 Å². The molecule has 11 rings (SSSR count). The van der Waals surface area contributed by atoms with E-state index < -0.39 is 0 Å². The molecule has 0 fully saturated rings. The van der Waals surface area contributed by atoms with E-state index in [4.69, 9.17) is 15.0 Å². The second-order valence-corrected chi connectivity index (χ2v) is 14.1. The molecule has 0 aliphatic carbocycles. The average Bonchev–Trinajstić information content (AvgIpc) is 3.78. The van der Waals surface area contributed by atoms with E-state index in [1.807, 2.05) is 60.7 Å². The van der Waals surface area contributed by atoms with E-state index >= 15 is 0 Å². The molecule has 11 aromatic rings. The molecular weight excluding hydrogens is 683 g/mol. The van der Waals surface area contributed by atoms with Gasteiger partial charge in [0.2, 0.25) is 0 Å². The van der Waals surface area contributed by atoms with Crippen LogP contribution in [0.2, 0.25) is 0 Å². The molecule has 262 valence electrons. The SMILES string of the molecule is c1ccc(-c2ccc(-n3c4ccccc4c4cc5c6ccccc6n(-c6ccccc6-c6nc(-c7ccccc7)nc(-c7ccccc7)n6)c5cc43)cc2)cc1. The zero-order chi connectivity index (χ0) is 37.0. The van der Waals surface area contributed by atoms with Gasteiger partial charge in [-0.3, -0.25) is 0 Å². The lowest BCUT2D eigenvalue weighted by Crippen LogP contribution is -2.03. The van der Waals surface area contributed by atoms with Crippen LogP contribution in [0.3, 0.4) is 0 Å². The van der Waals surface area contributed by atoms with Crippen molar-refractivity contribution in [2.45, 2.75) is 0 Å². The first-order chi connectivity index (χ1) is 27.8. The number of rotatable bonds is 6. The standard InChI is InChI=1S/C51H33N5/c1-4-16-34(17-5-1)35-28-30-38(31-29-35)55-44-25-13-10-22-39(44)42-32-43-40-23-11-14-26-45(40)56(48(43)33-47(42)55)46-27-15-12-24-41(46)51-53-49(36-18-6-2-7-19-36)52-50(54-51)37-20-8-3-9-21-37/h1-33H. The maximum absolute atomic E-state index is 5.15. The van der Waals surface area contributed by atoms with E-state index in [9.17, 15) is 0 Å². The van der Waals surface area contributed by atoms with Gasteiger partial charge in [-0.05, 0) is 59.7 Å². The summed E-state index contributed by atoms with van der Waals surface area (Å²) in [5.41, 5.74) is 11.9. The zero-order valence-electron chi connectivity index (χ0n) is 30.3. The molecule has 56 heavy (non-hydrogen) atoms. The van der Waals surface area contributed by atoms with Crippen LogP contribution >= 0.6 is 0 Å². The summed E-state index contributed by atoms with van der Waals surface area (Å²) in [4.78, 5) is 15.3. The van der Waals surface area contributed by atoms with Crippen LogP contribution in [-0.2, 0) is 0 Å². The number of hydrogen-bond acceptors (Lipinski definition) is 3. The van der Waals surface area contributed by atoms with Gasteiger partial charge < -0.3 is 9.13 Å². The normalized spacial score (nSPS) is 11.6. The molecule has 0 saturated carbocycles. The maximum Gasteiger partial charge on any atom is 0.166 e. The maximum atomic E-state index is 5.15. The highest BCUT2D eigenvalue weighted by atomic mass is 15.1. The highest BCUT2D eigenvalue weighted by Crippen LogP contribution is 2.41. The first-order valence-electron chi connectivity index (χ1n) is 18.9. The van der Waals surface area contributed by atoms with Gasteiger partial charge in [-0.2, -0.15) is 0 Å². The van der Waals surface area contributed by atoms with Crippen LogP contribution in [0.25, 0.3) is 100 Å². The van der Waals surface area contributed by atoms with Crippen LogP contribution in [0.1, 0.15) is 0 Å². The summed E-state index contributed by atoms with van der Waals surface area (Å²) in [6.45, 7) is 0. The lowest BCUT2D eigenvalue weighted by atomic mass is 10.1. The van der Waals surface area contributed by atoms with E-state index in [-0.39, 0.29) is 0 Å². The molecule has 0 saturated heterocycles. The second kappa shape index (κ2) is 13.0.